The van der Waals surface area contributed by atoms with Crippen LogP contribution >= 0.6 is 0 Å². The molecule has 1 saturated heterocycles. The summed E-state index contributed by atoms with van der Waals surface area (Å²) in [5.41, 5.74) is -0.803. The monoisotopic (exact) mass is 276 g/mol. The number of nitrogens with one attached hydrogen (secondary N) is 1. The molecule has 1 unspecified atom stereocenters. The first-order valence-corrected chi connectivity index (χ1v) is 6.93. The molecule has 1 N–H and O–H groups in total. The lowest BCUT2D eigenvalue weighted by Gasteiger charge is -2.46. The zero-order chi connectivity index (χ0) is 14.8. The number of rotatable bonds is 4. The van der Waals surface area contributed by atoms with Gasteiger partial charge in [-0.1, -0.05) is 13.8 Å². The Hall–Kier alpha value is -1.98. The van der Waals surface area contributed by atoms with Crippen LogP contribution in [0.25, 0.3) is 0 Å². The summed E-state index contributed by atoms with van der Waals surface area (Å²) in [5.74, 6) is 0.375. The highest BCUT2D eigenvalue weighted by Crippen LogP contribution is 2.29. The Balaban J connectivity index is 2.37. The second-order valence-electron chi connectivity index (χ2n) is 5.02. The summed E-state index contributed by atoms with van der Waals surface area (Å²) in [5, 5.41) is 2.77. The van der Waals surface area contributed by atoms with Crippen LogP contribution in [0.5, 0.6) is 0 Å². The van der Waals surface area contributed by atoms with Crippen molar-refractivity contribution in [2.75, 3.05) is 0 Å². The second-order valence-corrected chi connectivity index (χ2v) is 5.02. The quantitative estimate of drug-likeness (QED) is 0.886. The van der Waals surface area contributed by atoms with Crippen molar-refractivity contribution in [1.29, 1.82) is 0 Å². The minimum Gasteiger partial charge on any atom is -0.343 e. The van der Waals surface area contributed by atoms with Gasteiger partial charge in [0, 0.05) is 12.4 Å². The zero-order valence-corrected chi connectivity index (χ0v) is 12.1. The highest BCUT2D eigenvalue weighted by atomic mass is 16.2. The third kappa shape index (κ3) is 2.26. The van der Waals surface area contributed by atoms with Gasteiger partial charge in [0.1, 0.15) is 17.4 Å². The molecule has 0 bridgehead atoms. The van der Waals surface area contributed by atoms with Crippen molar-refractivity contribution in [3.05, 3.63) is 24.3 Å². The lowest BCUT2D eigenvalue weighted by Crippen LogP contribution is -2.69. The lowest BCUT2D eigenvalue weighted by atomic mass is 9.86. The molecule has 6 nitrogen and oxygen atoms in total. The third-order valence-electron chi connectivity index (χ3n) is 4.01. The molecule has 1 aromatic heterocycles. The number of hydrogen-bond acceptors (Lipinski definition) is 4. The van der Waals surface area contributed by atoms with E-state index in [1.165, 1.54) is 0 Å². The number of piperazine rings is 1. The zero-order valence-electron chi connectivity index (χ0n) is 12.1. The van der Waals surface area contributed by atoms with Crippen LogP contribution in [-0.4, -0.2) is 38.3 Å². The van der Waals surface area contributed by atoms with E-state index in [2.05, 4.69) is 15.3 Å². The molecule has 108 valence electrons. The number of amides is 2. The van der Waals surface area contributed by atoms with Crippen LogP contribution in [0.3, 0.4) is 0 Å². The summed E-state index contributed by atoms with van der Waals surface area (Å²) in [7, 11) is 0. The molecule has 1 fully saturated rings. The van der Waals surface area contributed by atoms with E-state index < -0.39 is 11.6 Å². The summed E-state index contributed by atoms with van der Waals surface area (Å²) >= 11 is 0. The summed E-state index contributed by atoms with van der Waals surface area (Å²) in [4.78, 5) is 34.8. The standard InChI is InChI=1S/C14H20N4O2/c1-4-14(5-2)13(20)17-10(3)12(19)18(14)9-11-15-7-6-8-16-11/h6-8,10H,4-5,9H2,1-3H3,(H,17,20). The molecule has 0 aliphatic carbocycles. The molecule has 0 saturated carbocycles. The fraction of sp³-hybridized carbons (Fsp3) is 0.571. The van der Waals surface area contributed by atoms with E-state index in [1.807, 2.05) is 13.8 Å². The molecular weight excluding hydrogens is 256 g/mol. The number of carbonyl (C=O) groups is 2. The van der Waals surface area contributed by atoms with E-state index in [1.54, 1.807) is 30.3 Å². The fourth-order valence-corrected chi connectivity index (χ4v) is 2.70. The smallest absolute Gasteiger partial charge is 0.246 e. The van der Waals surface area contributed by atoms with E-state index in [-0.39, 0.29) is 18.4 Å². The van der Waals surface area contributed by atoms with Gasteiger partial charge in [0.15, 0.2) is 0 Å². The van der Waals surface area contributed by atoms with Crippen molar-refractivity contribution in [3.8, 4) is 0 Å². The van der Waals surface area contributed by atoms with E-state index in [9.17, 15) is 9.59 Å². The van der Waals surface area contributed by atoms with Gasteiger partial charge in [-0.25, -0.2) is 9.97 Å². The molecule has 0 spiro atoms. The normalized spacial score (nSPS) is 21.8. The Bertz CT molecular complexity index is 499. The van der Waals surface area contributed by atoms with E-state index >= 15 is 0 Å². The highest BCUT2D eigenvalue weighted by Gasteiger charge is 2.49. The summed E-state index contributed by atoms with van der Waals surface area (Å²) < 4.78 is 0. The number of nitrogens with zero attached hydrogens (tertiary/aromatic N) is 3. The van der Waals surface area contributed by atoms with Crippen LogP contribution in [0.1, 0.15) is 39.4 Å². The lowest BCUT2D eigenvalue weighted by molar-refractivity contribution is -0.158. The minimum atomic E-state index is -0.803. The predicted molar refractivity (Wildman–Crippen MR) is 73.5 cm³/mol. The Morgan fingerprint density at radius 1 is 1.25 bits per heavy atom. The maximum Gasteiger partial charge on any atom is 0.246 e. The number of carbonyl (C=O) groups excluding carboxylic acids is 2. The van der Waals surface area contributed by atoms with Gasteiger partial charge in [-0.2, -0.15) is 0 Å². The number of aromatic nitrogens is 2. The molecule has 2 heterocycles. The summed E-state index contributed by atoms with van der Waals surface area (Å²) in [6, 6.07) is 1.22. The highest BCUT2D eigenvalue weighted by molar-refractivity contribution is 5.99. The van der Waals surface area contributed by atoms with E-state index in [0.717, 1.165) is 0 Å². The van der Waals surface area contributed by atoms with Gasteiger partial charge >= 0.3 is 0 Å². The number of hydrogen-bond donors (Lipinski definition) is 1. The van der Waals surface area contributed by atoms with Crippen LogP contribution < -0.4 is 5.32 Å². The second kappa shape index (κ2) is 5.56. The third-order valence-corrected chi connectivity index (χ3v) is 4.01. The molecule has 1 aliphatic heterocycles. The Kier molecular flexibility index (Phi) is 4.01. The molecular formula is C14H20N4O2. The van der Waals surface area contributed by atoms with Gasteiger partial charge in [0.25, 0.3) is 0 Å². The summed E-state index contributed by atoms with van der Waals surface area (Å²) in [6.45, 7) is 5.81. The van der Waals surface area contributed by atoms with Gasteiger partial charge in [0.2, 0.25) is 11.8 Å². The SMILES string of the molecule is CCC1(CC)C(=O)NC(C)C(=O)N1Cc1ncccn1. The fourth-order valence-electron chi connectivity index (χ4n) is 2.70. The maximum atomic E-state index is 12.5. The predicted octanol–water partition coefficient (Wildman–Crippen LogP) is 0.882. The van der Waals surface area contributed by atoms with E-state index in [0.29, 0.717) is 18.7 Å². The van der Waals surface area contributed by atoms with Crippen LogP contribution in [0.2, 0.25) is 0 Å². The van der Waals surface area contributed by atoms with E-state index in [4.69, 9.17) is 0 Å². The largest absolute Gasteiger partial charge is 0.343 e. The molecule has 6 heteroatoms. The molecule has 0 aromatic carbocycles. The Morgan fingerprint density at radius 2 is 1.85 bits per heavy atom. The van der Waals surface area contributed by atoms with Crippen LogP contribution in [0.15, 0.2) is 18.5 Å². The first-order chi connectivity index (χ1) is 9.55. The maximum absolute atomic E-state index is 12.5. The minimum absolute atomic E-state index is 0.0826. The van der Waals surface area contributed by atoms with Crippen molar-refractivity contribution < 1.29 is 9.59 Å². The molecule has 2 rings (SSSR count). The van der Waals surface area contributed by atoms with Gasteiger partial charge in [-0.15, -0.1) is 0 Å². The van der Waals surface area contributed by atoms with Crippen molar-refractivity contribution in [1.82, 2.24) is 20.2 Å². The van der Waals surface area contributed by atoms with Crippen molar-refractivity contribution in [2.45, 2.75) is 51.7 Å². The van der Waals surface area contributed by atoms with Crippen molar-refractivity contribution in [3.63, 3.8) is 0 Å². The topological polar surface area (TPSA) is 75.2 Å². The average molecular weight is 276 g/mol. The van der Waals surface area contributed by atoms with Gasteiger partial charge in [-0.05, 0) is 25.8 Å². The average Bonchev–Trinajstić information content (AvgIpc) is 2.47. The van der Waals surface area contributed by atoms with Gasteiger partial charge in [-0.3, -0.25) is 9.59 Å². The van der Waals surface area contributed by atoms with Crippen LogP contribution in [-0.2, 0) is 16.1 Å². The Labute approximate surface area is 118 Å². The van der Waals surface area contributed by atoms with Crippen LogP contribution in [0.4, 0.5) is 0 Å². The van der Waals surface area contributed by atoms with Crippen LogP contribution in [0, 0.1) is 0 Å². The molecule has 1 aromatic rings. The molecule has 20 heavy (non-hydrogen) atoms. The van der Waals surface area contributed by atoms with Crippen molar-refractivity contribution >= 4 is 11.8 Å². The molecule has 2 amide bonds. The van der Waals surface area contributed by atoms with Gasteiger partial charge in [0.05, 0.1) is 6.54 Å². The molecule has 0 radical (unpaired) electrons. The first-order valence-electron chi connectivity index (χ1n) is 6.93. The van der Waals surface area contributed by atoms with Gasteiger partial charge < -0.3 is 10.2 Å². The Morgan fingerprint density at radius 3 is 2.40 bits per heavy atom. The molecule has 1 atom stereocenters. The van der Waals surface area contributed by atoms with Crippen molar-refractivity contribution in [2.24, 2.45) is 0 Å². The first kappa shape index (κ1) is 14.4. The molecule has 1 aliphatic rings. The summed E-state index contributed by atoms with van der Waals surface area (Å²) in [6.07, 6.45) is 4.42.